The van der Waals surface area contributed by atoms with E-state index in [1.807, 2.05) is 54.6 Å². The van der Waals surface area contributed by atoms with Crippen LogP contribution < -0.4 is 10.1 Å². The molecule has 1 aliphatic carbocycles. The van der Waals surface area contributed by atoms with Gasteiger partial charge in [0.15, 0.2) is 0 Å². The maximum atomic E-state index is 13.9. The zero-order valence-corrected chi connectivity index (χ0v) is 23.9. The smallest absolute Gasteiger partial charge is 0.243 e. The minimum atomic E-state index is -0.600. The number of thioether (sulfide) groups is 1. The minimum absolute atomic E-state index is 0.0165. The highest BCUT2D eigenvalue weighted by molar-refractivity contribution is 7.99. The quantitative estimate of drug-likeness (QED) is 0.262. The molecular formula is C33H40N2O3S. The summed E-state index contributed by atoms with van der Waals surface area (Å²) in [6, 6.07) is 25.7. The maximum Gasteiger partial charge on any atom is 0.243 e. The molecule has 5 nitrogen and oxygen atoms in total. The Morgan fingerprint density at radius 2 is 1.67 bits per heavy atom. The second kappa shape index (κ2) is 14.8. The van der Waals surface area contributed by atoms with Gasteiger partial charge < -0.3 is 15.0 Å². The molecule has 0 saturated heterocycles. The third-order valence-electron chi connectivity index (χ3n) is 7.32. The van der Waals surface area contributed by atoms with Crippen molar-refractivity contribution in [1.29, 1.82) is 0 Å². The lowest BCUT2D eigenvalue weighted by Crippen LogP contribution is -2.52. The second-order valence-corrected chi connectivity index (χ2v) is 11.5. The number of rotatable bonds is 12. The molecular weight excluding hydrogens is 504 g/mol. The van der Waals surface area contributed by atoms with E-state index in [-0.39, 0.29) is 17.9 Å². The molecule has 1 aliphatic rings. The Morgan fingerprint density at radius 3 is 2.38 bits per heavy atom. The van der Waals surface area contributed by atoms with Gasteiger partial charge in [-0.3, -0.25) is 9.59 Å². The van der Waals surface area contributed by atoms with Gasteiger partial charge in [0.1, 0.15) is 11.8 Å². The molecule has 0 unspecified atom stereocenters. The number of ether oxygens (including phenoxy) is 1. The molecule has 1 N–H and O–H groups in total. The molecule has 0 bridgehead atoms. The van der Waals surface area contributed by atoms with Gasteiger partial charge >= 0.3 is 0 Å². The first-order valence-corrected chi connectivity index (χ1v) is 15.0. The van der Waals surface area contributed by atoms with E-state index in [2.05, 4.69) is 36.5 Å². The van der Waals surface area contributed by atoms with Gasteiger partial charge in [-0.05, 0) is 55.2 Å². The molecule has 39 heavy (non-hydrogen) atoms. The highest BCUT2D eigenvalue weighted by Gasteiger charge is 2.31. The van der Waals surface area contributed by atoms with Gasteiger partial charge in [0.05, 0.1) is 7.11 Å². The first-order chi connectivity index (χ1) is 19.0. The molecule has 1 fully saturated rings. The standard InChI is InChI=1S/C33H40N2O3S/c1-25-16-18-30(19-17-25)39-21-20-32(36)35(24-27-12-9-15-29(22-27)38-2)31(23-26-10-5-3-6-11-26)33(37)34-28-13-7-4-8-14-28/h3,5-6,9-12,15-19,22,28,31H,4,7-8,13-14,20-21,23-24H2,1-2H3,(H,34,37)/t31-/m0/s1. The molecule has 6 heteroatoms. The number of nitrogens with one attached hydrogen (secondary N) is 1. The summed E-state index contributed by atoms with van der Waals surface area (Å²) in [5.41, 5.74) is 3.20. The molecule has 0 aliphatic heterocycles. The van der Waals surface area contributed by atoms with Gasteiger partial charge in [0.2, 0.25) is 11.8 Å². The predicted molar refractivity (Wildman–Crippen MR) is 159 cm³/mol. The lowest BCUT2D eigenvalue weighted by atomic mass is 9.94. The highest BCUT2D eigenvalue weighted by atomic mass is 32.2. The van der Waals surface area contributed by atoms with Gasteiger partial charge in [-0.25, -0.2) is 0 Å². The molecule has 206 valence electrons. The van der Waals surface area contributed by atoms with Crippen molar-refractivity contribution in [1.82, 2.24) is 10.2 Å². The summed E-state index contributed by atoms with van der Waals surface area (Å²) in [5.74, 6) is 1.31. The fourth-order valence-electron chi connectivity index (χ4n) is 5.10. The number of hydrogen-bond acceptors (Lipinski definition) is 4. The number of carbonyl (C=O) groups is 2. The number of benzene rings is 3. The van der Waals surface area contributed by atoms with Crippen molar-refractivity contribution in [2.45, 2.75) is 75.4 Å². The van der Waals surface area contributed by atoms with Crippen LogP contribution in [-0.2, 0) is 22.6 Å². The summed E-state index contributed by atoms with van der Waals surface area (Å²) in [6.07, 6.45) is 6.32. The van der Waals surface area contributed by atoms with Crippen LogP contribution in [0.15, 0.2) is 83.8 Å². The van der Waals surface area contributed by atoms with E-state index in [0.29, 0.717) is 25.1 Å². The van der Waals surface area contributed by atoms with Gasteiger partial charge in [-0.1, -0.05) is 79.4 Å². The molecule has 4 rings (SSSR count). The van der Waals surface area contributed by atoms with Crippen LogP contribution in [0.1, 0.15) is 55.2 Å². The van der Waals surface area contributed by atoms with E-state index in [1.54, 1.807) is 23.8 Å². The molecule has 1 atom stereocenters. The van der Waals surface area contributed by atoms with Gasteiger partial charge in [0, 0.05) is 36.1 Å². The van der Waals surface area contributed by atoms with E-state index in [9.17, 15) is 9.59 Å². The number of carbonyl (C=O) groups excluding carboxylic acids is 2. The van der Waals surface area contributed by atoms with Gasteiger partial charge in [0.25, 0.3) is 0 Å². The Bertz CT molecular complexity index is 1190. The largest absolute Gasteiger partial charge is 0.497 e. The summed E-state index contributed by atoms with van der Waals surface area (Å²) in [7, 11) is 1.64. The fourth-order valence-corrected chi connectivity index (χ4v) is 5.94. The number of nitrogens with zero attached hydrogens (tertiary/aromatic N) is 1. The fraction of sp³-hybridized carbons (Fsp3) is 0.394. The van der Waals surface area contributed by atoms with Crippen LogP contribution in [-0.4, -0.2) is 41.7 Å². The Kier molecular flexibility index (Phi) is 10.9. The molecule has 3 aromatic rings. The monoisotopic (exact) mass is 544 g/mol. The number of aryl methyl sites for hydroxylation is 1. The first-order valence-electron chi connectivity index (χ1n) is 14.0. The average molecular weight is 545 g/mol. The molecule has 0 heterocycles. The van der Waals surface area contributed by atoms with Crippen LogP contribution in [0.2, 0.25) is 0 Å². The number of hydrogen-bond donors (Lipinski definition) is 1. The highest BCUT2D eigenvalue weighted by Crippen LogP contribution is 2.23. The van der Waals surface area contributed by atoms with E-state index < -0.39 is 6.04 Å². The SMILES string of the molecule is COc1cccc(CN(C(=O)CCSc2ccc(C)cc2)[C@@H](Cc2ccccc2)C(=O)NC2CCCCC2)c1. The Balaban J connectivity index is 1.57. The Morgan fingerprint density at radius 1 is 0.949 bits per heavy atom. The third-order valence-corrected chi connectivity index (χ3v) is 8.33. The molecule has 0 spiro atoms. The Hall–Kier alpha value is -3.25. The summed E-state index contributed by atoms with van der Waals surface area (Å²) in [4.78, 5) is 30.7. The normalized spacial score (nSPS) is 14.4. The summed E-state index contributed by atoms with van der Waals surface area (Å²) in [5, 5.41) is 3.31. The van der Waals surface area contributed by atoms with E-state index in [1.165, 1.54) is 12.0 Å². The second-order valence-electron chi connectivity index (χ2n) is 10.3. The van der Waals surface area contributed by atoms with Crippen molar-refractivity contribution in [3.63, 3.8) is 0 Å². The predicted octanol–water partition coefficient (Wildman–Crippen LogP) is 6.57. The minimum Gasteiger partial charge on any atom is -0.497 e. The molecule has 3 aromatic carbocycles. The number of amides is 2. The van der Waals surface area contributed by atoms with Crippen LogP contribution in [0.5, 0.6) is 5.75 Å². The molecule has 1 saturated carbocycles. The third kappa shape index (κ3) is 8.89. The first kappa shape index (κ1) is 28.8. The maximum absolute atomic E-state index is 13.9. The molecule has 0 radical (unpaired) electrons. The zero-order valence-electron chi connectivity index (χ0n) is 23.1. The van der Waals surface area contributed by atoms with Crippen LogP contribution >= 0.6 is 11.8 Å². The lowest BCUT2D eigenvalue weighted by molar-refractivity contribution is -0.141. The van der Waals surface area contributed by atoms with Crippen molar-refractivity contribution in [2.75, 3.05) is 12.9 Å². The van der Waals surface area contributed by atoms with Crippen LogP contribution in [0.3, 0.4) is 0 Å². The van der Waals surface area contributed by atoms with Crippen LogP contribution in [0.25, 0.3) is 0 Å². The lowest BCUT2D eigenvalue weighted by Gasteiger charge is -2.33. The van der Waals surface area contributed by atoms with Crippen LogP contribution in [0, 0.1) is 6.92 Å². The summed E-state index contributed by atoms with van der Waals surface area (Å²) < 4.78 is 5.44. The van der Waals surface area contributed by atoms with Crippen molar-refractivity contribution in [3.05, 3.63) is 95.6 Å². The summed E-state index contributed by atoms with van der Waals surface area (Å²) >= 11 is 1.67. The van der Waals surface area contributed by atoms with E-state index in [0.717, 1.165) is 47.5 Å². The zero-order chi connectivity index (χ0) is 27.5. The van der Waals surface area contributed by atoms with Gasteiger partial charge in [-0.15, -0.1) is 11.8 Å². The molecule has 0 aromatic heterocycles. The van der Waals surface area contributed by atoms with Crippen molar-refractivity contribution < 1.29 is 14.3 Å². The molecule has 2 amide bonds. The van der Waals surface area contributed by atoms with Crippen molar-refractivity contribution >= 4 is 23.6 Å². The van der Waals surface area contributed by atoms with E-state index >= 15 is 0 Å². The van der Waals surface area contributed by atoms with Crippen molar-refractivity contribution in [2.24, 2.45) is 0 Å². The van der Waals surface area contributed by atoms with Crippen LogP contribution in [0.4, 0.5) is 0 Å². The van der Waals surface area contributed by atoms with Crippen molar-refractivity contribution in [3.8, 4) is 5.75 Å². The van der Waals surface area contributed by atoms with E-state index in [4.69, 9.17) is 4.74 Å². The Labute approximate surface area is 237 Å². The topological polar surface area (TPSA) is 58.6 Å². The summed E-state index contributed by atoms with van der Waals surface area (Å²) in [6.45, 7) is 2.42. The van der Waals surface area contributed by atoms with Gasteiger partial charge in [-0.2, -0.15) is 0 Å². The average Bonchev–Trinajstić information content (AvgIpc) is 2.97. The number of methoxy groups -OCH3 is 1.